The second-order valence-corrected chi connectivity index (χ2v) is 5.24. The van der Waals surface area contributed by atoms with Gasteiger partial charge in [0, 0.05) is 31.6 Å². The molecule has 0 radical (unpaired) electrons. The molecule has 106 valence electrons. The maximum Gasteiger partial charge on any atom is 0.410 e. The van der Waals surface area contributed by atoms with E-state index in [4.69, 9.17) is 4.74 Å². The van der Waals surface area contributed by atoms with Crippen molar-refractivity contribution in [3.8, 4) is 0 Å². The largest absolute Gasteiger partial charge is 0.481 e. The summed E-state index contributed by atoms with van der Waals surface area (Å²) in [6.07, 6.45) is 2.61. The van der Waals surface area contributed by atoms with Crippen LogP contribution in [0.15, 0.2) is 12.7 Å². The molecular weight excluding hydrogens is 248 g/mol. The maximum atomic E-state index is 11.7. The Bertz CT molecular complexity index is 375. The number of aliphatic carboxylic acids is 1. The number of rotatable bonds is 3. The quantitative estimate of drug-likeness (QED) is 0.736. The van der Waals surface area contributed by atoms with Gasteiger partial charge in [-0.25, -0.2) is 4.79 Å². The predicted molar refractivity (Wildman–Crippen MR) is 68.8 cm³/mol. The SMILES string of the molecule is C=CCOC(=O)N1CCC2(CC1)CNCC2C(=O)O. The molecule has 0 aromatic carbocycles. The molecule has 1 spiro atoms. The Balaban J connectivity index is 1.93. The molecule has 0 aliphatic carbocycles. The van der Waals surface area contributed by atoms with Gasteiger partial charge in [0.05, 0.1) is 5.92 Å². The number of hydrogen-bond donors (Lipinski definition) is 2. The van der Waals surface area contributed by atoms with E-state index in [1.54, 1.807) is 4.90 Å². The van der Waals surface area contributed by atoms with Crippen LogP contribution in [0.2, 0.25) is 0 Å². The van der Waals surface area contributed by atoms with Crippen molar-refractivity contribution in [3.63, 3.8) is 0 Å². The number of hydrogen-bond acceptors (Lipinski definition) is 4. The molecule has 19 heavy (non-hydrogen) atoms. The van der Waals surface area contributed by atoms with Crippen LogP contribution in [0.25, 0.3) is 0 Å². The number of carbonyl (C=O) groups is 2. The summed E-state index contributed by atoms with van der Waals surface area (Å²) < 4.78 is 4.99. The minimum absolute atomic E-state index is 0.207. The smallest absolute Gasteiger partial charge is 0.410 e. The monoisotopic (exact) mass is 268 g/mol. The van der Waals surface area contributed by atoms with Crippen LogP contribution >= 0.6 is 0 Å². The predicted octanol–water partition coefficient (Wildman–Crippen LogP) is 0.695. The van der Waals surface area contributed by atoms with Gasteiger partial charge >= 0.3 is 12.1 Å². The van der Waals surface area contributed by atoms with Crippen LogP contribution in [0.4, 0.5) is 4.79 Å². The third kappa shape index (κ3) is 2.73. The van der Waals surface area contributed by atoms with Gasteiger partial charge in [0.15, 0.2) is 0 Å². The molecule has 0 bridgehead atoms. The lowest BCUT2D eigenvalue weighted by Crippen LogP contribution is -2.48. The fraction of sp³-hybridized carbons (Fsp3) is 0.692. The number of carboxylic acids is 1. The summed E-state index contributed by atoms with van der Waals surface area (Å²) in [5.41, 5.74) is -0.207. The second kappa shape index (κ2) is 5.61. The number of ether oxygens (including phenoxy) is 1. The van der Waals surface area contributed by atoms with Crippen molar-refractivity contribution in [3.05, 3.63) is 12.7 Å². The average Bonchev–Trinajstić information content (AvgIpc) is 2.80. The molecule has 2 aliphatic rings. The van der Waals surface area contributed by atoms with E-state index in [9.17, 15) is 14.7 Å². The molecule has 0 aromatic heterocycles. The highest BCUT2D eigenvalue weighted by atomic mass is 16.6. The number of piperidine rings is 1. The molecule has 6 heteroatoms. The van der Waals surface area contributed by atoms with E-state index in [-0.39, 0.29) is 24.0 Å². The van der Waals surface area contributed by atoms with E-state index in [2.05, 4.69) is 11.9 Å². The van der Waals surface area contributed by atoms with Gasteiger partial charge in [-0.2, -0.15) is 0 Å². The van der Waals surface area contributed by atoms with Crippen molar-refractivity contribution < 1.29 is 19.4 Å². The fourth-order valence-electron chi connectivity index (χ4n) is 3.04. The van der Waals surface area contributed by atoms with Gasteiger partial charge in [0.1, 0.15) is 6.61 Å². The summed E-state index contributed by atoms with van der Waals surface area (Å²) >= 11 is 0. The summed E-state index contributed by atoms with van der Waals surface area (Å²) in [7, 11) is 0. The van der Waals surface area contributed by atoms with E-state index in [1.807, 2.05) is 0 Å². The van der Waals surface area contributed by atoms with E-state index in [0.717, 1.165) is 6.54 Å². The highest BCUT2D eigenvalue weighted by Gasteiger charge is 2.48. The van der Waals surface area contributed by atoms with Gasteiger partial charge in [-0.3, -0.25) is 4.79 Å². The average molecular weight is 268 g/mol. The zero-order chi connectivity index (χ0) is 13.9. The summed E-state index contributed by atoms with van der Waals surface area (Å²) in [6.45, 7) is 6.06. The number of nitrogens with one attached hydrogen (secondary N) is 1. The van der Waals surface area contributed by atoms with Crippen molar-refractivity contribution >= 4 is 12.1 Å². The molecule has 2 N–H and O–H groups in total. The molecule has 6 nitrogen and oxygen atoms in total. The van der Waals surface area contributed by atoms with Gasteiger partial charge in [0.2, 0.25) is 0 Å². The molecule has 2 saturated heterocycles. The third-order valence-corrected chi connectivity index (χ3v) is 4.20. The standard InChI is InChI=1S/C13H20N2O4/c1-2-7-19-12(18)15-5-3-13(4-6-15)9-14-8-10(13)11(16)17/h2,10,14H,1,3-9H2,(H,16,17). The van der Waals surface area contributed by atoms with Crippen molar-refractivity contribution in [2.75, 3.05) is 32.8 Å². The first-order chi connectivity index (χ1) is 9.09. The molecule has 1 unspecified atom stereocenters. The molecule has 0 saturated carbocycles. The van der Waals surface area contributed by atoms with Crippen molar-refractivity contribution in [2.24, 2.45) is 11.3 Å². The highest BCUT2D eigenvalue weighted by Crippen LogP contribution is 2.41. The summed E-state index contributed by atoms with van der Waals surface area (Å²) in [5, 5.41) is 12.4. The zero-order valence-electron chi connectivity index (χ0n) is 10.9. The van der Waals surface area contributed by atoms with Crippen LogP contribution in [0.5, 0.6) is 0 Å². The molecule has 2 rings (SSSR count). The topological polar surface area (TPSA) is 78.9 Å². The van der Waals surface area contributed by atoms with Crippen LogP contribution in [-0.2, 0) is 9.53 Å². The van der Waals surface area contributed by atoms with Gasteiger partial charge < -0.3 is 20.1 Å². The molecule has 2 aliphatic heterocycles. The Morgan fingerprint density at radius 3 is 2.74 bits per heavy atom. The maximum absolute atomic E-state index is 11.7. The minimum atomic E-state index is -0.743. The van der Waals surface area contributed by atoms with Crippen LogP contribution in [0.1, 0.15) is 12.8 Å². The number of carbonyl (C=O) groups excluding carboxylic acids is 1. The van der Waals surface area contributed by atoms with E-state index in [0.29, 0.717) is 32.5 Å². The van der Waals surface area contributed by atoms with Gasteiger partial charge in [-0.05, 0) is 12.8 Å². The van der Waals surface area contributed by atoms with Gasteiger partial charge in [-0.1, -0.05) is 12.7 Å². The van der Waals surface area contributed by atoms with E-state index < -0.39 is 5.97 Å². The first kappa shape index (κ1) is 13.9. The Hall–Kier alpha value is -1.56. The summed E-state index contributed by atoms with van der Waals surface area (Å²) in [4.78, 5) is 24.6. The highest BCUT2D eigenvalue weighted by molar-refractivity contribution is 5.72. The van der Waals surface area contributed by atoms with Crippen molar-refractivity contribution in [2.45, 2.75) is 12.8 Å². The lowest BCUT2D eigenvalue weighted by atomic mass is 9.71. The zero-order valence-corrected chi connectivity index (χ0v) is 10.9. The molecule has 2 heterocycles. The molecular formula is C13H20N2O4. The molecule has 0 aromatic rings. The Morgan fingerprint density at radius 2 is 2.16 bits per heavy atom. The van der Waals surface area contributed by atoms with Gasteiger partial charge in [0.25, 0.3) is 0 Å². The van der Waals surface area contributed by atoms with Gasteiger partial charge in [-0.15, -0.1) is 0 Å². The van der Waals surface area contributed by atoms with Crippen LogP contribution in [0.3, 0.4) is 0 Å². The minimum Gasteiger partial charge on any atom is -0.481 e. The van der Waals surface area contributed by atoms with Crippen LogP contribution in [0, 0.1) is 11.3 Å². The summed E-state index contributed by atoms with van der Waals surface area (Å²) in [6, 6.07) is 0. The number of nitrogens with zero attached hydrogens (tertiary/aromatic N) is 1. The number of likely N-dealkylation sites (tertiary alicyclic amines) is 1. The third-order valence-electron chi connectivity index (χ3n) is 4.20. The normalized spacial score (nSPS) is 25.3. The number of amides is 1. The molecule has 1 atom stereocenters. The van der Waals surface area contributed by atoms with Crippen molar-refractivity contribution in [1.82, 2.24) is 10.2 Å². The Labute approximate surface area is 112 Å². The van der Waals surface area contributed by atoms with E-state index >= 15 is 0 Å². The molecule has 2 fully saturated rings. The lowest BCUT2D eigenvalue weighted by molar-refractivity contribution is -0.145. The second-order valence-electron chi connectivity index (χ2n) is 5.24. The summed E-state index contributed by atoms with van der Waals surface area (Å²) in [5.74, 6) is -1.09. The van der Waals surface area contributed by atoms with E-state index in [1.165, 1.54) is 6.08 Å². The first-order valence-electron chi connectivity index (χ1n) is 6.55. The fourth-order valence-corrected chi connectivity index (χ4v) is 3.04. The number of carboxylic acid groups (broad SMARTS) is 1. The van der Waals surface area contributed by atoms with Crippen LogP contribution < -0.4 is 5.32 Å². The molecule has 1 amide bonds. The van der Waals surface area contributed by atoms with Crippen LogP contribution in [-0.4, -0.2) is 54.9 Å². The Kier molecular flexibility index (Phi) is 4.09. The van der Waals surface area contributed by atoms with Crippen molar-refractivity contribution in [1.29, 1.82) is 0 Å². The lowest BCUT2D eigenvalue weighted by Gasteiger charge is -2.40. The first-order valence-corrected chi connectivity index (χ1v) is 6.55. The Morgan fingerprint density at radius 1 is 1.47 bits per heavy atom.